The second kappa shape index (κ2) is 12.7. The van der Waals surface area contributed by atoms with Crippen LogP contribution in [0.2, 0.25) is 0 Å². The van der Waals surface area contributed by atoms with Crippen LogP contribution in [0.5, 0.6) is 0 Å². The van der Waals surface area contributed by atoms with E-state index in [1.54, 1.807) is 0 Å². The maximum absolute atomic E-state index is 6.54. The van der Waals surface area contributed by atoms with Gasteiger partial charge in [-0.3, -0.25) is 4.98 Å². The van der Waals surface area contributed by atoms with E-state index in [9.17, 15) is 0 Å². The average Bonchev–Trinajstić information content (AvgIpc) is 2.80. The first-order valence-electron chi connectivity index (χ1n) is 11.3. The summed E-state index contributed by atoms with van der Waals surface area (Å²) >= 11 is 0. The zero-order valence-corrected chi connectivity index (χ0v) is 24.0. The van der Waals surface area contributed by atoms with Gasteiger partial charge in [-0.2, -0.15) is 0 Å². The van der Waals surface area contributed by atoms with Crippen LogP contribution in [-0.2, 0) is 6.42 Å². The lowest BCUT2D eigenvalue weighted by Crippen LogP contribution is -2.28. The normalized spacial score (nSPS) is 10.9. The minimum atomic E-state index is 0. The Morgan fingerprint density at radius 2 is 1.64 bits per heavy atom. The van der Waals surface area contributed by atoms with Crippen LogP contribution in [0, 0.1) is 0 Å². The number of hydrogen-bond acceptors (Lipinski definition) is 4. The average molecular weight is 668 g/mol. The van der Waals surface area contributed by atoms with Crippen LogP contribution in [0.3, 0.4) is 0 Å². The van der Waals surface area contributed by atoms with Crippen molar-refractivity contribution in [3.05, 3.63) is 66.4 Å². The van der Waals surface area contributed by atoms with Gasteiger partial charge in [-0.1, -0.05) is 44.2 Å². The lowest BCUT2D eigenvalue weighted by Gasteiger charge is -2.19. The summed E-state index contributed by atoms with van der Waals surface area (Å²) in [4.78, 5) is 4.65. The third-order valence-corrected chi connectivity index (χ3v) is 6.24. The number of hydrogen-bond donors (Lipinski definition) is 3. The van der Waals surface area contributed by atoms with Gasteiger partial charge in [0.05, 0.1) is 5.52 Å². The molecular weight excluding hydrogens is 634 g/mol. The fraction of sp³-hybridized carbons (Fsp3) is 0.296. The first-order valence-corrected chi connectivity index (χ1v) is 11.3. The van der Waals surface area contributed by atoms with E-state index in [1.807, 2.05) is 30.5 Å². The van der Waals surface area contributed by atoms with E-state index < -0.39 is 0 Å². The van der Waals surface area contributed by atoms with Gasteiger partial charge >= 0.3 is 0 Å². The van der Waals surface area contributed by atoms with Crippen molar-refractivity contribution in [3.8, 4) is 11.1 Å². The number of aryl methyl sites for hydroxylation is 1. The Labute approximate surface area is 231 Å². The van der Waals surface area contributed by atoms with E-state index >= 15 is 0 Å². The van der Waals surface area contributed by atoms with Gasteiger partial charge in [-0.25, -0.2) is 0 Å². The van der Waals surface area contributed by atoms with Gasteiger partial charge in [-0.05, 0) is 78.6 Å². The minimum absolute atomic E-state index is 0. The lowest BCUT2D eigenvalue weighted by molar-refractivity contribution is 0.479. The quantitative estimate of drug-likeness (QED) is 0.0806. The highest BCUT2D eigenvalue weighted by Gasteiger charge is 2.16. The molecule has 4 rings (SSSR count). The van der Waals surface area contributed by atoms with Gasteiger partial charge in [0.15, 0.2) is 0 Å². The van der Waals surface area contributed by atoms with Crippen molar-refractivity contribution >= 4 is 81.0 Å². The molecule has 176 valence electrons. The van der Waals surface area contributed by atoms with E-state index in [0.717, 1.165) is 59.9 Å². The monoisotopic (exact) mass is 668 g/mol. The summed E-state index contributed by atoms with van der Waals surface area (Å²) in [6.45, 7) is 5.48. The topological polar surface area (TPSA) is 77.0 Å². The van der Waals surface area contributed by atoms with Crippen molar-refractivity contribution in [2.45, 2.75) is 45.6 Å². The number of benzene rings is 3. The van der Waals surface area contributed by atoms with Crippen LogP contribution in [0.4, 0.5) is 11.4 Å². The molecule has 33 heavy (non-hydrogen) atoms. The van der Waals surface area contributed by atoms with Crippen molar-refractivity contribution in [2.75, 3.05) is 18.0 Å². The first kappa shape index (κ1) is 27.6. The zero-order valence-electron chi connectivity index (χ0n) is 19.3. The Morgan fingerprint density at radius 1 is 0.909 bits per heavy atom. The Balaban J connectivity index is 0.00000193. The van der Waals surface area contributed by atoms with E-state index in [0.29, 0.717) is 6.04 Å². The fourth-order valence-corrected chi connectivity index (χ4v) is 4.49. The van der Waals surface area contributed by atoms with Gasteiger partial charge in [0.2, 0.25) is 0 Å². The summed E-state index contributed by atoms with van der Waals surface area (Å²) in [6, 6.07) is 19.2. The molecule has 0 radical (unpaired) electrons. The summed E-state index contributed by atoms with van der Waals surface area (Å²) in [7, 11) is 0. The smallest absolute Gasteiger partial charge is 0.0710 e. The van der Waals surface area contributed by atoms with E-state index in [4.69, 9.17) is 11.5 Å². The van der Waals surface area contributed by atoms with Gasteiger partial charge in [0, 0.05) is 34.4 Å². The van der Waals surface area contributed by atoms with Crippen LogP contribution in [0.15, 0.2) is 60.8 Å². The van der Waals surface area contributed by atoms with Crippen LogP contribution in [-0.4, -0.2) is 17.6 Å². The van der Waals surface area contributed by atoms with Crippen molar-refractivity contribution in [1.29, 1.82) is 0 Å². The molecule has 0 atom stereocenters. The van der Waals surface area contributed by atoms with Crippen LogP contribution in [0.1, 0.15) is 38.7 Å². The molecule has 4 aromatic rings. The molecule has 6 heteroatoms. The van der Waals surface area contributed by atoms with E-state index in [2.05, 4.69) is 54.5 Å². The first-order chi connectivity index (χ1) is 15.1. The Bertz CT molecular complexity index is 1190. The molecule has 0 aliphatic carbocycles. The summed E-state index contributed by atoms with van der Waals surface area (Å²) in [5, 5.41) is 6.95. The highest BCUT2D eigenvalue weighted by molar-refractivity contribution is 14.0. The fourth-order valence-electron chi connectivity index (χ4n) is 4.49. The third kappa shape index (κ3) is 6.08. The molecule has 0 bridgehead atoms. The summed E-state index contributed by atoms with van der Waals surface area (Å²) in [6.07, 6.45) is 6.24. The second-order valence-corrected chi connectivity index (χ2v) is 8.25. The number of nitrogens with two attached hydrogens (primary N) is 2. The standard InChI is InChI=1S/C27H32N4.2HI/c1-3-20(4-2)30-14-8-11-21-22(18-9-6-5-7-10-18)16-25(29)24-17-31-26-13-12-19(28)15-23(26)27(21)24;;/h5-7,9-10,12-13,15-17,20,30H,3-4,8,11,14,28-29H2,1-2H3;2*1H. The van der Waals surface area contributed by atoms with Crippen LogP contribution in [0.25, 0.3) is 32.8 Å². The molecule has 0 aliphatic rings. The molecule has 0 saturated carbocycles. The zero-order chi connectivity index (χ0) is 21.8. The lowest BCUT2D eigenvalue weighted by atomic mass is 9.89. The second-order valence-electron chi connectivity index (χ2n) is 8.25. The molecular formula is C27H34I2N4. The Hall–Kier alpha value is -1.65. The number of anilines is 2. The summed E-state index contributed by atoms with van der Waals surface area (Å²) in [5.74, 6) is 0. The number of rotatable bonds is 8. The van der Waals surface area contributed by atoms with Crippen LogP contribution < -0.4 is 16.8 Å². The molecule has 0 unspecified atom stereocenters. The molecule has 0 amide bonds. The highest BCUT2D eigenvalue weighted by Crippen LogP contribution is 2.38. The number of halogens is 2. The van der Waals surface area contributed by atoms with Crippen molar-refractivity contribution in [1.82, 2.24) is 10.3 Å². The number of nitrogens with zero attached hydrogens (tertiary/aromatic N) is 1. The predicted molar refractivity (Wildman–Crippen MR) is 165 cm³/mol. The number of nitrogen functional groups attached to an aromatic ring is 2. The molecule has 0 spiro atoms. The summed E-state index contributed by atoms with van der Waals surface area (Å²) < 4.78 is 0. The third-order valence-electron chi connectivity index (χ3n) is 6.24. The van der Waals surface area contributed by atoms with Crippen LogP contribution >= 0.6 is 48.0 Å². The number of aromatic nitrogens is 1. The molecule has 0 aliphatic heterocycles. The van der Waals surface area contributed by atoms with Gasteiger partial charge in [0.1, 0.15) is 0 Å². The van der Waals surface area contributed by atoms with E-state index in [-0.39, 0.29) is 48.0 Å². The molecule has 0 fully saturated rings. The number of fused-ring (bicyclic) bond motifs is 3. The molecule has 4 nitrogen and oxygen atoms in total. The van der Waals surface area contributed by atoms with Gasteiger partial charge in [-0.15, -0.1) is 48.0 Å². The molecule has 5 N–H and O–H groups in total. The molecule has 0 saturated heterocycles. The Morgan fingerprint density at radius 3 is 2.33 bits per heavy atom. The van der Waals surface area contributed by atoms with Gasteiger partial charge < -0.3 is 16.8 Å². The van der Waals surface area contributed by atoms with E-state index in [1.165, 1.54) is 22.1 Å². The minimum Gasteiger partial charge on any atom is -0.399 e. The highest BCUT2D eigenvalue weighted by atomic mass is 127. The summed E-state index contributed by atoms with van der Waals surface area (Å²) in [5.41, 5.74) is 18.9. The number of nitrogens with one attached hydrogen (secondary N) is 1. The maximum atomic E-state index is 6.54. The van der Waals surface area contributed by atoms with Crippen molar-refractivity contribution in [2.24, 2.45) is 0 Å². The van der Waals surface area contributed by atoms with Gasteiger partial charge in [0.25, 0.3) is 0 Å². The number of pyridine rings is 1. The largest absolute Gasteiger partial charge is 0.399 e. The molecule has 1 heterocycles. The Kier molecular flexibility index (Phi) is 10.6. The van der Waals surface area contributed by atoms with Crippen molar-refractivity contribution in [3.63, 3.8) is 0 Å². The molecule has 3 aromatic carbocycles. The SMILES string of the molecule is CCC(CC)NCCCc1c(-c2ccccc2)cc(N)c2cnc3ccc(N)cc3c12.I.I. The molecule has 1 aromatic heterocycles. The maximum Gasteiger partial charge on any atom is 0.0710 e. The predicted octanol–water partition coefficient (Wildman–Crippen LogP) is 7.17. The van der Waals surface area contributed by atoms with Crippen molar-refractivity contribution < 1.29 is 0 Å².